The van der Waals surface area contributed by atoms with E-state index in [4.69, 9.17) is 37.0 Å². The topological polar surface area (TPSA) is 237 Å². The van der Waals surface area contributed by atoms with Crippen molar-refractivity contribution in [2.45, 2.75) is 381 Å². The number of unbranched alkanes of at least 4 members (excludes halogenated alkanes) is 38. The van der Waals surface area contributed by atoms with Gasteiger partial charge in [0.1, 0.15) is 19.3 Å². The van der Waals surface area contributed by atoms with Gasteiger partial charge in [-0.3, -0.25) is 37.3 Å². The molecule has 0 spiro atoms. The maximum atomic E-state index is 13.0. The van der Waals surface area contributed by atoms with Gasteiger partial charge < -0.3 is 33.8 Å². The average molecular weight is 1340 g/mol. The Balaban J connectivity index is 5.22. The molecule has 3 N–H and O–H groups in total. The third kappa shape index (κ3) is 66.5. The Morgan fingerprint density at radius 1 is 0.297 bits per heavy atom. The second-order valence-corrected chi connectivity index (χ2v) is 30.3. The van der Waals surface area contributed by atoms with Crippen molar-refractivity contribution in [3.63, 3.8) is 0 Å². The van der Waals surface area contributed by atoms with Gasteiger partial charge in [0, 0.05) is 25.7 Å². The van der Waals surface area contributed by atoms with Crippen LogP contribution in [0.4, 0.5) is 0 Å². The van der Waals surface area contributed by atoms with Gasteiger partial charge in [-0.1, -0.05) is 312 Å². The molecule has 0 aromatic carbocycles. The van der Waals surface area contributed by atoms with E-state index in [2.05, 4.69) is 48.5 Å². The van der Waals surface area contributed by atoms with Crippen LogP contribution in [0, 0.1) is 17.8 Å². The molecule has 0 radical (unpaired) electrons. The van der Waals surface area contributed by atoms with Gasteiger partial charge in [0.15, 0.2) is 12.2 Å². The maximum Gasteiger partial charge on any atom is 0.472 e. The van der Waals surface area contributed by atoms with Crippen LogP contribution in [0.5, 0.6) is 0 Å². The third-order valence-corrected chi connectivity index (χ3v) is 18.5. The van der Waals surface area contributed by atoms with Gasteiger partial charge in [0.2, 0.25) is 0 Å². The number of phosphoric ester groups is 2. The molecule has 0 aromatic rings. The Labute approximate surface area is 556 Å². The van der Waals surface area contributed by atoms with E-state index in [0.717, 1.165) is 102 Å². The van der Waals surface area contributed by atoms with Crippen LogP contribution in [0.25, 0.3) is 0 Å². The van der Waals surface area contributed by atoms with Crippen LogP contribution in [0.3, 0.4) is 0 Å². The first-order valence-corrected chi connectivity index (χ1v) is 40.3. The number of carbonyl (C=O) groups excluding carboxylic acids is 4. The van der Waals surface area contributed by atoms with Crippen LogP contribution in [0.2, 0.25) is 0 Å². The van der Waals surface area contributed by atoms with Crippen molar-refractivity contribution in [3.8, 4) is 0 Å². The number of hydrogen-bond donors (Lipinski definition) is 3. The van der Waals surface area contributed by atoms with E-state index in [1.54, 1.807) is 0 Å². The lowest BCUT2D eigenvalue weighted by Crippen LogP contribution is -2.30. The molecule has 2 unspecified atom stereocenters. The molecule has 0 bridgehead atoms. The van der Waals surface area contributed by atoms with Crippen LogP contribution >= 0.6 is 15.6 Å². The zero-order valence-corrected chi connectivity index (χ0v) is 61.1. The standard InChI is InChI=1S/C72H140O17P2/c1-8-9-10-11-12-13-14-15-16-17-18-19-20-21-26-33-41-48-55-71(76)88-67(59-82-69(74)53-46-39-32-25-23-22-24-29-36-43-50-63(2)3)61-86-90(78,79)84-57-66(73)58-85-91(80,81)87-62-68(89-72(77)56-49-42-35-28-31-38-45-52-65(6)7)60-83-70(75)54-47-40-34-27-30-37-44-51-64(4)5/h63-68,73H,8-62H2,1-7H3,(H,78,79)(H,80,81)/t66-,67-,68-/m1/s1. The van der Waals surface area contributed by atoms with E-state index in [1.807, 2.05) is 0 Å². The van der Waals surface area contributed by atoms with Crippen LogP contribution in [0.15, 0.2) is 0 Å². The smallest absolute Gasteiger partial charge is 0.462 e. The van der Waals surface area contributed by atoms with Crippen molar-refractivity contribution in [2.75, 3.05) is 39.6 Å². The minimum Gasteiger partial charge on any atom is -0.462 e. The summed E-state index contributed by atoms with van der Waals surface area (Å²) in [5, 5.41) is 10.6. The molecule has 0 aliphatic heterocycles. The molecule has 0 amide bonds. The molecule has 0 heterocycles. The van der Waals surface area contributed by atoms with Crippen LogP contribution in [0.1, 0.15) is 363 Å². The number of hydrogen-bond acceptors (Lipinski definition) is 15. The van der Waals surface area contributed by atoms with Gasteiger partial charge in [0.05, 0.1) is 26.4 Å². The summed E-state index contributed by atoms with van der Waals surface area (Å²) < 4.78 is 68.3. The van der Waals surface area contributed by atoms with Crippen molar-refractivity contribution in [2.24, 2.45) is 17.8 Å². The van der Waals surface area contributed by atoms with Gasteiger partial charge in [-0.05, 0) is 43.4 Å². The molecule has 91 heavy (non-hydrogen) atoms. The first-order valence-electron chi connectivity index (χ1n) is 37.3. The minimum atomic E-state index is -4.95. The summed E-state index contributed by atoms with van der Waals surface area (Å²) in [7, 11) is -9.90. The number of aliphatic hydroxyl groups is 1. The van der Waals surface area contributed by atoms with Crippen molar-refractivity contribution in [3.05, 3.63) is 0 Å². The van der Waals surface area contributed by atoms with Gasteiger partial charge >= 0.3 is 39.5 Å². The number of ether oxygens (including phenoxy) is 4. The number of phosphoric acid groups is 2. The summed E-state index contributed by atoms with van der Waals surface area (Å²) >= 11 is 0. The zero-order valence-electron chi connectivity index (χ0n) is 59.3. The molecule has 0 rings (SSSR count). The molecule has 17 nitrogen and oxygen atoms in total. The molecule has 540 valence electrons. The van der Waals surface area contributed by atoms with E-state index < -0.39 is 97.5 Å². The highest BCUT2D eigenvalue weighted by Gasteiger charge is 2.30. The third-order valence-electron chi connectivity index (χ3n) is 16.6. The Bertz CT molecular complexity index is 1780. The maximum absolute atomic E-state index is 13.0. The Morgan fingerprint density at radius 2 is 0.505 bits per heavy atom. The predicted molar refractivity (Wildman–Crippen MR) is 368 cm³/mol. The summed E-state index contributed by atoms with van der Waals surface area (Å²) in [4.78, 5) is 72.6. The molecular weight excluding hydrogens is 1200 g/mol. The minimum absolute atomic E-state index is 0.102. The molecule has 0 aromatic heterocycles. The van der Waals surface area contributed by atoms with Crippen LogP contribution in [-0.4, -0.2) is 96.7 Å². The van der Waals surface area contributed by atoms with E-state index >= 15 is 0 Å². The lowest BCUT2D eigenvalue weighted by molar-refractivity contribution is -0.161. The first-order chi connectivity index (χ1) is 43.7. The van der Waals surface area contributed by atoms with Crippen LogP contribution < -0.4 is 0 Å². The molecule has 0 saturated heterocycles. The number of aliphatic hydroxyl groups excluding tert-OH is 1. The fourth-order valence-corrected chi connectivity index (χ4v) is 12.5. The van der Waals surface area contributed by atoms with E-state index in [-0.39, 0.29) is 25.7 Å². The van der Waals surface area contributed by atoms with E-state index in [1.165, 1.54) is 167 Å². The number of esters is 4. The summed E-state index contributed by atoms with van der Waals surface area (Å²) in [6, 6.07) is 0. The lowest BCUT2D eigenvalue weighted by Gasteiger charge is -2.21. The molecule has 0 fully saturated rings. The number of carbonyl (C=O) groups is 4. The molecule has 0 aliphatic carbocycles. The quantitative estimate of drug-likeness (QED) is 0.0222. The molecule has 19 heteroatoms. The summed E-state index contributed by atoms with van der Waals surface area (Å²) in [6.45, 7) is 11.7. The van der Waals surface area contributed by atoms with Crippen molar-refractivity contribution >= 4 is 39.5 Å². The second-order valence-electron chi connectivity index (χ2n) is 27.4. The highest BCUT2D eigenvalue weighted by molar-refractivity contribution is 7.47. The summed E-state index contributed by atoms with van der Waals surface area (Å²) in [5.74, 6) is 0.0324. The molecule has 5 atom stereocenters. The fourth-order valence-electron chi connectivity index (χ4n) is 10.9. The van der Waals surface area contributed by atoms with Gasteiger partial charge in [-0.15, -0.1) is 0 Å². The summed E-state index contributed by atoms with van der Waals surface area (Å²) in [6.07, 6.45) is 47.4. The SMILES string of the molecule is CCCCCCCCCCCCCCCCCCCCC(=O)O[C@H](COC(=O)CCCCCCCCCCCCC(C)C)COP(=O)(O)OC[C@@H](O)COP(=O)(O)OC[C@@H](COC(=O)CCCCCCCCCC(C)C)OC(=O)CCCCCCCCCC(C)C. The second kappa shape index (κ2) is 62.8. The van der Waals surface area contributed by atoms with Crippen molar-refractivity contribution < 1.29 is 80.2 Å². The number of rotatable bonds is 70. The Morgan fingerprint density at radius 3 is 0.747 bits per heavy atom. The lowest BCUT2D eigenvalue weighted by atomic mass is 10.0. The Kier molecular flexibility index (Phi) is 61.5. The predicted octanol–water partition coefficient (Wildman–Crippen LogP) is 20.6. The van der Waals surface area contributed by atoms with E-state index in [0.29, 0.717) is 37.5 Å². The highest BCUT2D eigenvalue weighted by Crippen LogP contribution is 2.45. The largest absolute Gasteiger partial charge is 0.472 e. The highest BCUT2D eigenvalue weighted by atomic mass is 31.2. The molecular formula is C72H140O17P2. The molecule has 0 saturated carbocycles. The summed E-state index contributed by atoms with van der Waals surface area (Å²) in [5.41, 5.74) is 0. The monoisotopic (exact) mass is 1340 g/mol. The van der Waals surface area contributed by atoms with Crippen molar-refractivity contribution in [1.29, 1.82) is 0 Å². The van der Waals surface area contributed by atoms with Gasteiger partial charge in [-0.25, -0.2) is 9.13 Å². The van der Waals surface area contributed by atoms with E-state index in [9.17, 15) is 43.2 Å². The van der Waals surface area contributed by atoms with Gasteiger partial charge in [-0.2, -0.15) is 0 Å². The van der Waals surface area contributed by atoms with Crippen molar-refractivity contribution in [1.82, 2.24) is 0 Å². The fraction of sp³-hybridized carbons (Fsp3) is 0.944. The first kappa shape index (κ1) is 89.1. The van der Waals surface area contributed by atoms with Crippen LogP contribution in [-0.2, 0) is 65.4 Å². The Hall–Kier alpha value is -1.94. The molecule has 0 aliphatic rings. The average Bonchev–Trinajstić information content (AvgIpc) is 3.67. The zero-order chi connectivity index (χ0) is 67.3. The van der Waals surface area contributed by atoms with Gasteiger partial charge in [0.25, 0.3) is 0 Å². The normalized spacial score (nSPS) is 14.2.